The maximum Gasteiger partial charge on any atom is 0.471 e. The molecular weight excluding hydrogens is 645 g/mol. The molecule has 0 radical (unpaired) electrons. The number of cyclic esters (lactones) is 1. The number of ether oxygens (including phenoxy) is 5. The zero-order valence-electron chi connectivity index (χ0n) is 26.5. The quantitative estimate of drug-likeness (QED) is 0.104. The van der Waals surface area contributed by atoms with Crippen LogP contribution in [0.4, 0.5) is 0 Å². The Kier molecular flexibility index (Phi) is 7.09. The van der Waals surface area contributed by atoms with Crippen molar-refractivity contribution >= 4 is 25.5 Å². The van der Waals surface area contributed by atoms with Crippen molar-refractivity contribution in [2.75, 3.05) is 6.79 Å². The number of aliphatic hydroxyl groups is 1. The average Bonchev–Trinajstić information content (AvgIpc) is 3.94. The third kappa shape index (κ3) is 4.36. The first kappa shape index (κ1) is 32.0. The molecule has 4 aliphatic heterocycles. The Morgan fingerprint density at radius 3 is 2.38 bits per heavy atom. The van der Waals surface area contributed by atoms with E-state index in [9.17, 15) is 29.0 Å². The molecule has 2 aromatic rings. The molecule has 0 bridgehead atoms. The van der Waals surface area contributed by atoms with E-state index in [1.165, 1.54) is 0 Å². The average molecular weight is 682 g/mol. The topological polar surface area (TPSA) is 186 Å². The summed E-state index contributed by atoms with van der Waals surface area (Å²) in [7, 11) is -4.85. The van der Waals surface area contributed by atoms with E-state index in [2.05, 4.69) is 9.84 Å². The Bertz CT molecular complexity index is 1810. The second kappa shape index (κ2) is 10.6. The first-order chi connectivity index (χ1) is 22.8. The SMILES string of the molecule is CC(C)[C@]12O[C@H]1N[C@]1(O)[C@]3(O[C@H]3C[C@H]3C4=C(CC[C@@]31C)C(=O)O/C4=C(/OC(=O)c1ccccc1)c1ccccc1)[C@@H]2OCOP(=O)(O)O. The maximum absolute atomic E-state index is 13.5. The Labute approximate surface area is 276 Å². The number of esters is 2. The van der Waals surface area contributed by atoms with E-state index >= 15 is 0 Å². The summed E-state index contributed by atoms with van der Waals surface area (Å²) in [6.07, 6.45) is -1.26. The minimum atomic E-state index is -4.85. The fraction of sp³-hybridized carbons (Fsp3) is 0.471. The summed E-state index contributed by atoms with van der Waals surface area (Å²) < 4.78 is 46.9. The molecule has 0 unspecified atom stereocenters. The number of piperidine rings is 1. The Morgan fingerprint density at radius 2 is 1.73 bits per heavy atom. The standard InChI is InChI=1S/C34H36NO12P/c1-18(2)32-29(42-17-43-48(39,40)41)33-23(46-33)16-22-24-21(14-15-31(22,3)34(33,38)35-30(32)47-32)28(37)45-26(24)25(19-10-6-4-7-11-19)44-27(36)20-12-8-5-9-13-20/h4-13,18,22-23,29-30,35,38H,14-17H2,1-3H3,(H2,39,40,41)/b26-25+/t22-,23-,29+,30+,31-,32+,33+,34+/m0/s1. The van der Waals surface area contributed by atoms with Crippen molar-refractivity contribution < 1.29 is 57.3 Å². The number of nitrogens with one attached hydrogen (secondary N) is 1. The number of benzene rings is 2. The molecule has 6 aliphatic rings. The van der Waals surface area contributed by atoms with Gasteiger partial charge in [-0.05, 0) is 37.3 Å². The Morgan fingerprint density at radius 1 is 1.06 bits per heavy atom. The van der Waals surface area contributed by atoms with Gasteiger partial charge < -0.3 is 38.6 Å². The number of rotatable bonds is 8. The molecule has 8 atom stereocenters. The first-order valence-electron chi connectivity index (χ1n) is 16.0. The van der Waals surface area contributed by atoms with Crippen LogP contribution < -0.4 is 5.32 Å². The summed E-state index contributed by atoms with van der Waals surface area (Å²) in [5.41, 5.74) is -3.27. The molecule has 254 valence electrons. The molecule has 4 N–H and O–H groups in total. The van der Waals surface area contributed by atoms with Crippen LogP contribution in [0.25, 0.3) is 5.76 Å². The van der Waals surface area contributed by atoms with Crippen molar-refractivity contribution in [1.29, 1.82) is 0 Å². The Balaban J connectivity index is 1.22. The van der Waals surface area contributed by atoms with Crippen molar-refractivity contribution in [3.63, 3.8) is 0 Å². The molecule has 2 aliphatic carbocycles. The zero-order valence-corrected chi connectivity index (χ0v) is 27.3. The van der Waals surface area contributed by atoms with Gasteiger partial charge in [-0.2, -0.15) is 0 Å². The number of phosphoric acid groups is 1. The minimum Gasteiger partial charge on any atom is -0.419 e. The molecule has 0 aromatic heterocycles. The van der Waals surface area contributed by atoms with Crippen LogP contribution in [-0.2, 0) is 37.6 Å². The van der Waals surface area contributed by atoms with E-state index in [-0.39, 0.29) is 23.9 Å². The van der Waals surface area contributed by atoms with Gasteiger partial charge in [-0.15, -0.1) is 0 Å². The molecule has 3 saturated heterocycles. The van der Waals surface area contributed by atoms with E-state index in [4.69, 9.17) is 23.7 Å². The number of allylic oxidation sites excluding steroid dienone is 1. The lowest BCUT2D eigenvalue weighted by Crippen LogP contribution is -2.80. The maximum atomic E-state index is 13.5. The van der Waals surface area contributed by atoms with Crippen LogP contribution in [-0.4, -0.2) is 69.0 Å². The first-order valence-corrected chi connectivity index (χ1v) is 17.5. The van der Waals surface area contributed by atoms with Crippen LogP contribution in [0.1, 0.15) is 56.0 Å². The van der Waals surface area contributed by atoms with Crippen LogP contribution in [0.15, 0.2) is 77.6 Å². The predicted molar refractivity (Wildman–Crippen MR) is 165 cm³/mol. The number of fused-ring (bicyclic) bond motifs is 4. The monoisotopic (exact) mass is 681 g/mol. The number of phosphoric ester groups is 1. The molecule has 4 fully saturated rings. The highest BCUT2D eigenvalue weighted by Gasteiger charge is 2.91. The summed E-state index contributed by atoms with van der Waals surface area (Å²) in [6, 6.07) is 17.4. The third-order valence-corrected chi connectivity index (χ3v) is 11.7. The van der Waals surface area contributed by atoms with Crippen LogP contribution >= 0.6 is 7.82 Å². The van der Waals surface area contributed by atoms with Crippen molar-refractivity contribution in [2.45, 2.75) is 75.4 Å². The van der Waals surface area contributed by atoms with E-state index in [1.807, 2.05) is 26.8 Å². The third-order valence-electron chi connectivity index (χ3n) is 11.2. The van der Waals surface area contributed by atoms with E-state index < -0.39 is 73.3 Å². The lowest BCUT2D eigenvalue weighted by molar-refractivity contribution is -0.245. The van der Waals surface area contributed by atoms with Gasteiger partial charge in [0.25, 0.3) is 0 Å². The van der Waals surface area contributed by atoms with Crippen LogP contribution in [0.2, 0.25) is 0 Å². The fourth-order valence-electron chi connectivity index (χ4n) is 8.77. The van der Waals surface area contributed by atoms with Gasteiger partial charge in [0.1, 0.15) is 17.9 Å². The van der Waals surface area contributed by atoms with Gasteiger partial charge in [0, 0.05) is 28.0 Å². The van der Waals surface area contributed by atoms with Crippen molar-refractivity contribution in [2.24, 2.45) is 17.3 Å². The summed E-state index contributed by atoms with van der Waals surface area (Å²) in [6.45, 7) is 5.05. The van der Waals surface area contributed by atoms with Gasteiger partial charge in [-0.25, -0.2) is 14.2 Å². The summed E-state index contributed by atoms with van der Waals surface area (Å²) in [5.74, 6) is -1.59. The van der Waals surface area contributed by atoms with E-state index in [1.54, 1.807) is 54.6 Å². The molecule has 13 nitrogen and oxygen atoms in total. The highest BCUT2D eigenvalue weighted by molar-refractivity contribution is 7.46. The second-order valence-corrected chi connectivity index (χ2v) is 15.1. The number of carbonyl (C=O) groups is 2. The number of hydrogen-bond acceptors (Lipinski definition) is 11. The molecular formula is C34H36NO12P. The van der Waals surface area contributed by atoms with E-state index in [0.29, 0.717) is 35.1 Å². The lowest BCUT2D eigenvalue weighted by Gasteiger charge is -2.60. The summed E-state index contributed by atoms with van der Waals surface area (Å²) in [4.78, 5) is 45.6. The fourth-order valence-corrected chi connectivity index (χ4v) is 8.97. The number of carbonyl (C=O) groups excluding carboxylic acids is 2. The molecule has 48 heavy (non-hydrogen) atoms. The molecule has 8 rings (SSSR count). The van der Waals surface area contributed by atoms with Crippen molar-refractivity contribution in [3.05, 3.63) is 88.7 Å². The van der Waals surface area contributed by atoms with Crippen LogP contribution in [0.3, 0.4) is 0 Å². The molecule has 1 spiro atoms. The largest absolute Gasteiger partial charge is 0.471 e. The van der Waals surface area contributed by atoms with Gasteiger partial charge in [0.15, 0.2) is 29.6 Å². The van der Waals surface area contributed by atoms with Crippen molar-refractivity contribution in [3.8, 4) is 0 Å². The molecule has 14 heteroatoms. The lowest BCUT2D eigenvalue weighted by atomic mass is 9.49. The van der Waals surface area contributed by atoms with Gasteiger partial charge >= 0.3 is 19.8 Å². The highest BCUT2D eigenvalue weighted by Crippen LogP contribution is 2.74. The van der Waals surface area contributed by atoms with Gasteiger partial charge in [0.2, 0.25) is 0 Å². The number of epoxide rings is 2. The second-order valence-electron chi connectivity index (χ2n) is 13.8. The van der Waals surface area contributed by atoms with Gasteiger partial charge in [-0.1, -0.05) is 69.3 Å². The van der Waals surface area contributed by atoms with Crippen LogP contribution in [0.5, 0.6) is 0 Å². The predicted octanol–water partition coefficient (Wildman–Crippen LogP) is 3.52. The highest BCUT2D eigenvalue weighted by atomic mass is 31.2. The van der Waals surface area contributed by atoms with Gasteiger partial charge in [0.05, 0.1) is 11.7 Å². The smallest absolute Gasteiger partial charge is 0.419 e. The molecule has 1 saturated carbocycles. The Hall–Kier alpha value is -3.23. The zero-order chi connectivity index (χ0) is 33.9. The van der Waals surface area contributed by atoms with Crippen LogP contribution in [0, 0.1) is 17.3 Å². The van der Waals surface area contributed by atoms with Gasteiger partial charge in [-0.3, -0.25) is 9.84 Å². The molecule has 2 aromatic carbocycles. The summed E-state index contributed by atoms with van der Waals surface area (Å²) in [5, 5.41) is 16.3. The van der Waals surface area contributed by atoms with Crippen molar-refractivity contribution in [1.82, 2.24) is 5.32 Å². The molecule has 0 amide bonds. The molecule has 4 heterocycles. The minimum absolute atomic E-state index is 0.0874. The number of hydrogen-bond donors (Lipinski definition) is 4. The normalized spacial score (nSPS) is 38.6. The summed E-state index contributed by atoms with van der Waals surface area (Å²) >= 11 is 0. The van der Waals surface area contributed by atoms with E-state index in [0.717, 1.165) is 0 Å².